The summed E-state index contributed by atoms with van der Waals surface area (Å²) in [6, 6.07) is 0. The van der Waals surface area contributed by atoms with E-state index in [4.69, 9.17) is 5.11 Å². The minimum atomic E-state index is -0.838. The maximum absolute atomic E-state index is 12.3. The first-order chi connectivity index (χ1) is 9.02. The first-order valence-electron chi connectivity index (χ1n) is 6.82. The second-order valence-electron chi connectivity index (χ2n) is 5.30. The standard InChI is InChI=1S/C13H20N2O4/c1-2-14-8-10(6-11(14)16)12(17)15-5-3-4-9(7-15)13(18)19/h9-10H,2-8H2,1H3,(H,18,19)/t9-,10?/m0/s1. The van der Waals surface area contributed by atoms with Crippen molar-refractivity contribution in [3.05, 3.63) is 0 Å². The minimum absolute atomic E-state index is 0.0210. The fourth-order valence-electron chi connectivity index (χ4n) is 2.88. The maximum atomic E-state index is 12.3. The van der Waals surface area contributed by atoms with Crippen molar-refractivity contribution in [3.63, 3.8) is 0 Å². The van der Waals surface area contributed by atoms with Gasteiger partial charge in [-0.15, -0.1) is 0 Å². The number of carboxylic acids is 1. The highest BCUT2D eigenvalue weighted by molar-refractivity contribution is 5.89. The van der Waals surface area contributed by atoms with Gasteiger partial charge in [0.15, 0.2) is 0 Å². The van der Waals surface area contributed by atoms with Crippen molar-refractivity contribution in [2.75, 3.05) is 26.2 Å². The van der Waals surface area contributed by atoms with Crippen LogP contribution in [0, 0.1) is 11.8 Å². The number of rotatable bonds is 3. The zero-order valence-electron chi connectivity index (χ0n) is 11.2. The number of carbonyl (C=O) groups excluding carboxylic acids is 2. The molecule has 0 radical (unpaired) electrons. The van der Waals surface area contributed by atoms with Crippen molar-refractivity contribution >= 4 is 17.8 Å². The lowest BCUT2D eigenvalue weighted by Crippen LogP contribution is -2.45. The molecule has 2 heterocycles. The third-order valence-electron chi connectivity index (χ3n) is 4.03. The van der Waals surface area contributed by atoms with Gasteiger partial charge in [-0.05, 0) is 19.8 Å². The second-order valence-corrected chi connectivity index (χ2v) is 5.30. The van der Waals surface area contributed by atoms with Crippen molar-refractivity contribution in [2.24, 2.45) is 11.8 Å². The maximum Gasteiger partial charge on any atom is 0.308 e. The molecule has 0 aromatic rings. The lowest BCUT2D eigenvalue weighted by atomic mass is 9.96. The van der Waals surface area contributed by atoms with Crippen LogP contribution in [0.4, 0.5) is 0 Å². The fourth-order valence-corrected chi connectivity index (χ4v) is 2.88. The molecule has 6 nitrogen and oxygen atoms in total. The van der Waals surface area contributed by atoms with Crippen LogP contribution in [0.2, 0.25) is 0 Å². The predicted molar refractivity (Wildman–Crippen MR) is 67.3 cm³/mol. The molecule has 2 rings (SSSR count). The normalized spacial score (nSPS) is 27.7. The number of hydrogen-bond donors (Lipinski definition) is 1. The number of aliphatic carboxylic acids is 1. The van der Waals surface area contributed by atoms with Crippen LogP contribution in [0.3, 0.4) is 0 Å². The number of carboxylic acid groups (broad SMARTS) is 1. The summed E-state index contributed by atoms with van der Waals surface area (Å²) >= 11 is 0. The van der Waals surface area contributed by atoms with Crippen molar-refractivity contribution < 1.29 is 19.5 Å². The Hall–Kier alpha value is -1.59. The van der Waals surface area contributed by atoms with Gasteiger partial charge in [-0.1, -0.05) is 0 Å². The Morgan fingerprint density at radius 1 is 1.32 bits per heavy atom. The van der Waals surface area contributed by atoms with Gasteiger partial charge in [0.05, 0.1) is 11.8 Å². The Kier molecular flexibility index (Phi) is 4.07. The van der Waals surface area contributed by atoms with Gasteiger partial charge in [-0.25, -0.2) is 0 Å². The highest BCUT2D eigenvalue weighted by Gasteiger charge is 2.37. The van der Waals surface area contributed by atoms with E-state index in [1.54, 1.807) is 9.80 Å². The zero-order chi connectivity index (χ0) is 14.0. The Labute approximate surface area is 112 Å². The van der Waals surface area contributed by atoms with E-state index < -0.39 is 11.9 Å². The molecule has 0 bridgehead atoms. The Morgan fingerprint density at radius 3 is 2.63 bits per heavy atom. The fraction of sp³-hybridized carbons (Fsp3) is 0.769. The Balaban J connectivity index is 1.96. The molecule has 2 amide bonds. The molecule has 1 unspecified atom stereocenters. The first-order valence-corrected chi connectivity index (χ1v) is 6.82. The SMILES string of the molecule is CCN1CC(C(=O)N2CCC[C@H](C(=O)O)C2)CC1=O. The molecule has 2 saturated heterocycles. The molecular formula is C13H20N2O4. The molecule has 0 spiro atoms. The van der Waals surface area contributed by atoms with E-state index in [0.717, 1.165) is 6.42 Å². The highest BCUT2D eigenvalue weighted by Crippen LogP contribution is 2.23. The highest BCUT2D eigenvalue weighted by atomic mass is 16.4. The minimum Gasteiger partial charge on any atom is -0.481 e. The monoisotopic (exact) mass is 268 g/mol. The molecular weight excluding hydrogens is 248 g/mol. The number of carbonyl (C=O) groups is 3. The predicted octanol–water partition coefficient (Wildman–Crippen LogP) is 0.178. The number of amides is 2. The molecule has 106 valence electrons. The van der Waals surface area contributed by atoms with Crippen molar-refractivity contribution in [1.29, 1.82) is 0 Å². The average Bonchev–Trinajstić information content (AvgIpc) is 2.79. The average molecular weight is 268 g/mol. The van der Waals surface area contributed by atoms with E-state index in [1.807, 2.05) is 6.92 Å². The van der Waals surface area contributed by atoms with Crippen LogP contribution in [0.15, 0.2) is 0 Å². The summed E-state index contributed by atoms with van der Waals surface area (Å²) in [5.41, 5.74) is 0. The van der Waals surface area contributed by atoms with Crippen LogP contribution >= 0.6 is 0 Å². The number of nitrogens with zero attached hydrogens (tertiary/aromatic N) is 2. The third kappa shape index (κ3) is 2.88. The van der Waals surface area contributed by atoms with Crippen molar-refractivity contribution in [2.45, 2.75) is 26.2 Å². The lowest BCUT2D eigenvalue weighted by Gasteiger charge is -2.32. The summed E-state index contributed by atoms with van der Waals surface area (Å²) in [7, 11) is 0. The van der Waals surface area contributed by atoms with Crippen LogP contribution < -0.4 is 0 Å². The van der Waals surface area contributed by atoms with E-state index in [9.17, 15) is 14.4 Å². The van der Waals surface area contributed by atoms with Crippen molar-refractivity contribution in [3.8, 4) is 0 Å². The first kappa shape index (κ1) is 13.8. The van der Waals surface area contributed by atoms with Crippen LogP contribution in [0.1, 0.15) is 26.2 Å². The van der Waals surface area contributed by atoms with Gasteiger partial charge in [-0.3, -0.25) is 14.4 Å². The second kappa shape index (κ2) is 5.59. The third-order valence-corrected chi connectivity index (χ3v) is 4.03. The van der Waals surface area contributed by atoms with Crippen molar-refractivity contribution in [1.82, 2.24) is 9.80 Å². The zero-order valence-corrected chi connectivity index (χ0v) is 11.2. The van der Waals surface area contributed by atoms with E-state index in [0.29, 0.717) is 26.1 Å². The number of piperidine rings is 1. The van der Waals surface area contributed by atoms with Gasteiger partial charge in [-0.2, -0.15) is 0 Å². The molecule has 0 aromatic heterocycles. The topological polar surface area (TPSA) is 77.9 Å². The molecule has 2 fully saturated rings. The van der Waals surface area contributed by atoms with Gasteiger partial charge in [0.1, 0.15) is 0 Å². The van der Waals surface area contributed by atoms with E-state index in [-0.39, 0.29) is 30.7 Å². The van der Waals surface area contributed by atoms with Crippen LogP contribution in [-0.4, -0.2) is 58.9 Å². The van der Waals surface area contributed by atoms with Crippen LogP contribution in [-0.2, 0) is 14.4 Å². The summed E-state index contributed by atoms with van der Waals surface area (Å²) in [4.78, 5) is 38.3. The van der Waals surface area contributed by atoms with Gasteiger partial charge in [0.25, 0.3) is 0 Å². The van der Waals surface area contributed by atoms with Gasteiger partial charge in [0.2, 0.25) is 11.8 Å². The molecule has 19 heavy (non-hydrogen) atoms. The largest absolute Gasteiger partial charge is 0.481 e. The quantitative estimate of drug-likeness (QED) is 0.792. The van der Waals surface area contributed by atoms with E-state index in [1.165, 1.54) is 0 Å². The summed E-state index contributed by atoms with van der Waals surface area (Å²) in [6.07, 6.45) is 1.62. The molecule has 2 aliphatic rings. The summed E-state index contributed by atoms with van der Waals surface area (Å²) < 4.78 is 0. The van der Waals surface area contributed by atoms with Gasteiger partial charge >= 0.3 is 5.97 Å². The molecule has 0 aliphatic carbocycles. The van der Waals surface area contributed by atoms with Crippen LogP contribution in [0.25, 0.3) is 0 Å². The lowest BCUT2D eigenvalue weighted by molar-refractivity contribution is -0.146. The molecule has 2 aliphatic heterocycles. The van der Waals surface area contributed by atoms with Crippen LogP contribution in [0.5, 0.6) is 0 Å². The smallest absolute Gasteiger partial charge is 0.308 e. The molecule has 6 heteroatoms. The van der Waals surface area contributed by atoms with Gasteiger partial charge < -0.3 is 14.9 Å². The Morgan fingerprint density at radius 2 is 2.05 bits per heavy atom. The van der Waals surface area contributed by atoms with E-state index >= 15 is 0 Å². The van der Waals surface area contributed by atoms with E-state index in [2.05, 4.69) is 0 Å². The summed E-state index contributed by atoms with van der Waals surface area (Å²) in [6.45, 7) is 3.89. The summed E-state index contributed by atoms with van der Waals surface area (Å²) in [5.74, 6) is -1.63. The van der Waals surface area contributed by atoms with Gasteiger partial charge in [0, 0.05) is 32.6 Å². The molecule has 2 atom stereocenters. The number of hydrogen-bond acceptors (Lipinski definition) is 3. The number of likely N-dealkylation sites (tertiary alicyclic amines) is 2. The molecule has 0 aromatic carbocycles. The summed E-state index contributed by atoms with van der Waals surface area (Å²) in [5, 5.41) is 9.03. The molecule has 1 N–H and O–H groups in total. The Bertz CT molecular complexity index is 396. The molecule has 0 saturated carbocycles.